The monoisotopic (exact) mass is 210 g/mol. The van der Waals surface area contributed by atoms with Gasteiger partial charge in [0.05, 0.1) is 6.33 Å². The molecule has 1 unspecified atom stereocenters. The lowest BCUT2D eigenvalue weighted by Gasteiger charge is -2.38. The molecule has 0 aromatic carbocycles. The summed E-state index contributed by atoms with van der Waals surface area (Å²) in [5.41, 5.74) is 0.510. The van der Waals surface area contributed by atoms with Gasteiger partial charge in [-0.3, -0.25) is 9.69 Å². The smallest absolute Gasteiger partial charge is 0.277 e. The maximum absolute atomic E-state index is 11.9. The van der Waals surface area contributed by atoms with Crippen LogP contribution in [-0.2, 0) is 4.74 Å². The molecule has 0 radical (unpaired) electrons. The number of nitrogens with one attached hydrogen (secondary N) is 1. The molecule has 82 valence electrons. The molecule has 1 aromatic rings. The summed E-state index contributed by atoms with van der Waals surface area (Å²) in [6.45, 7) is 2.44. The number of nitrogens with zero attached hydrogens (tertiary/aromatic N) is 3. The highest BCUT2D eigenvalue weighted by Crippen LogP contribution is 2.25. The number of ether oxygens (including phenoxy) is 1. The molecule has 2 heterocycles. The molecule has 1 aromatic heterocycles. The number of carbonyl (C=O) groups is 1. The maximum atomic E-state index is 11.9. The SMILES string of the molecule is CCOC1N(C)C(=O)c2[nH]cnc2N1C. The van der Waals surface area contributed by atoms with Gasteiger partial charge in [0.1, 0.15) is 5.69 Å². The molecule has 0 fully saturated rings. The van der Waals surface area contributed by atoms with Crippen LogP contribution in [0.25, 0.3) is 0 Å². The van der Waals surface area contributed by atoms with E-state index in [1.165, 1.54) is 6.33 Å². The minimum absolute atomic E-state index is 0.0981. The van der Waals surface area contributed by atoms with E-state index in [0.717, 1.165) is 0 Å². The van der Waals surface area contributed by atoms with Crippen LogP contribution in [0.5, 0.6) is 0 Å². The normalized spacial score (nSPS) is 20.7. The fraction of sp³-hybridized carbons (Fsp3) is 0.556. The lowest BCUT2D eigenvalue weighted by atomic mass is 10.3. The number of rotatable bonds is 2. The molecule has 1 N–H and O–H groups in total. The zero-order chi connectivity index (χ0) is 11.0. The molecule has 0 aliphatic carbocycles. The Morgan fingerprint density at radius 2 is 2.27 bits per heavy atom. The van der Waals surface area contributed by atoms with Crippen LogP contribution in [0, 0.1) is 0 Å². The molecule has 15 heavy (non-hydrogen) atoms. The lowest BCUT2D eigenvalue weighted by molar-refractivity contribution is -0.0331. The predicted molar refractivity (Wildman–Crippen MR) is 54.5 cm³/mol. The number of anilines is 1. The van der Waals surface area contributed by atoms with Gasteiger partial charge < -0.3 is 14.6 Å². The number of imidazole rings is 1. The lowest BCUT2D eigenvalue weighted by Crippen LogP contribution is -2.53. The van der Waals surface area contributed by atoms with E-state index in [0.29, 0.717) is 18.1 Å². The summed E-state index contributed by atoms with van der Waals surface area (Å²) in [4.78, 5) is 22.2. The second kappa shape index (κ2) is 3.54. The van der Waals surface area contributed by atoms with Crippen molar-refractivity contribution in [1.82, 2.24) is 14.9 Å². The zero-order valence-corrected chi connectivity index (χ0v) is 9.02. The topological polar surface area (TPSA) is 61.5 Å². The Kier molecular flexibility index (Phi) is 2.36. The van der Waals surface area contributed by atoms with Gasteiger partial charge in [-0.2, -0.15) is 0 Å². The van der Waals surface area contributed by atoms with Crippen molar-refractivity contribution in [3.05, 3.63) is 12.0 Å². The molecule has 0 saturated carbocycles. The molecule has 1 aliphatic rings. The van der Waals surface area contributed by atoms with Crippen LogP contribution < -0.4 is 4.90 Å². The third-order valence-corrected chi connectivity index (χ3v) is 2.47. The molecule has 6 nitrogen and oxygen atoms in total. The third-order valence-electron chi connectivity index (χ3n) is 2.47. The summed E-state index contributed by atoms with van der Waals surface area (Å²) in [5.74, 6) is 0.538. The van der Waals surface area contributed by atoms with E-state index in [2.05, 4.69) is 9.97 Å². The summed E-state index contributed by atoms with van der Waals surface area (Å²) >= 11 is 0. The summed E-state index contributed by atoms with van der Waals surface area (Å²) in [6.07, 6.45) is 1.14. The Balaban J connectivity index is 2.38. The van der Waals surface area contributed by atoms with Gasteiger partial charge in [0, 0.05) is 20.7 Å². The third kappa shape index (κ3) is 1.37. The van der Waals surface area contributed by atoms with Crippen molar-refractivity contribution in [3.63, 3.8) is 0 Å². The highest BCUT2D eigenvalue weighted by molar-refractivity contribution is 5.98. The Bertz CT molecular complexity index is 376. The number of carbonyl (C=O) groups excluding carboxylic acids is 1. The number of aromatic nitrogens is 2. The Labute approximate surface area is 87.8 Å². The van der Waals surface area contributed by atoms with Crippen LogP contribution >= 0.6 is 0 Å². The van der Waals surface area contributed by atoms with E-state index >= 15 is 0 Å². The summed E-state index contributed by atoms with van der Waals surface area (Å²) in [6, 6.07) is 0. The maximum Gasteiger partial charge on any atom is 0.277 e. The Morgan fingerprint density at radius 1 is 1.53 bits per heavy atom. The van der Waals surface area contributed by atoms with E-state index in [1.54, 1.807) is 11.9 Å². The van der Waals surface area contributed by atoms with Gasteiger partial charge in [0.25, 0.3) is 5.91 Å². The molecule has 1 atom stereocenters. The van der Waals surface area contributed by atoms with Gasteiger partial charge in [0.2, 0.25) is 6.35 Å². The highest BCUT2D eigenvalue weighted by atomic mass is 16.5. The predicted octanol–water partition coefficient (Wildman–Crippen LogP) is 0.252. The van der Waals surface area contributed by atoms with Crippen molar-refractivity contribution in [2.24, 2.45) is 0 Å². The summed E-state index contributed by atoms with van der Waals surface area (Å²) < 4.78 is 5.48. The first kappa shape index (κ1) is 9.97. The van der Waals surface area contributed by atoms with Crippen molar-refractivity contribution in [1.29, 1.82) is 0 Å². The average Bonchev–Trinajstić information content (AvgIpc) is 2.70. The van der Waals surface area contributed by atoms with Gasteiger partial charge in [-0.15, -0.1) is 0 Å². The molecule has 0 spiro atoms. The van der Waals surface area contributed by atoms with Crippen molar-refractivity contribution in [2.45, 2.75) is 13.3 Å². The van der Waals surface area contributed by atoms with Crippen molar-refractivity contribution < 1.29 is 9.53 Å². The summed E-state index contributed by atoms with van der Waals surface area (Å²) in [7, 11) is 3.56. The van der Waals surface area contributed by atoms with Gasteiger partial charge in [0.15, 0.2) is 5.82 Å². The molecular formula is C9H14N4O2. The number of hydrogen-bond donors (Lipinski definition) is 1. The number of fused-ring (bicyclic) bond motifs is 1. The highest BCUT2D eigenvalue weighted by Gasteiger charge is 2.35. The van der Waals surface area contributed by atoms with Gasteiger partial charge in [-0.25, -0.2) is 4.98 Å². The van der Waals surface area contributed by atoms with E-state index in [9.17, 15) is 4.79 Å². The molecule has 0 bridgehead atoms. The fourth-order valence-corrected chi connectivity index (χ4v) is 1.73. The summed E-state index contributed by atoms with van der Waals surface area (Å²) in [5, 5.41) is 0. The van der Waals surface area contributed by atoms with Crippen LogP contribution in [-0.4, -0.2) is 47.8 Å². The molecule has 1 amide bonds. The fourth-order valence-electron chi connectivity index (χ4n) is 1.73. The molecular weight excluding hydrogens is 196 g/mol. The standard InChI is InChI=1S/C9H14N4O2/c1-4-15-9-12(2)7-6(10-5-11-7)8(14)13(9)3/h5,9H,4H2,1-3H3,(H,10,11). The van der Waals surface area contributed by atoms with E-state index in [1.807, 2.05) is 18.9 Å². The van der Waals surface area contributed by atoms with Crippen molar-refractivity contribution >= 4 is 11.7 Å². The number of hydrogen-bond acceptors (Lipinski definition) is 4. The average molecular weight is 210 g/mol. The van der Waals surface area contributed by atoms with Crippen LogP contribution in [0.2, 0.25) is 0 Å². The van der Waals surface area contributed by atoms with Gasteiger partial charge >= 0.3 is 0 Å². The first-order valence-corrected chi connectivity index (χ1v) is 4.81. The van der Waals surface area contributed by atoms with Crippen LogP contribution in [0.4, 0.5) is 5.82 Å². The largest absolute Gasteiger partial charge is 0.341 e. The van der Waals surface area contributed by atoms with Crippen molar-refractivity contribution in [3.8, 4) is 0 Å². The van der Waals surface area contributed by atoms with Crippen LogP contribution in [0.3, 0.4) is 0 Å². The number of H-pyrrole nitrogens is 1. The minimum Gasteiger partial charge on any atom is -0.341 e. The molecule has 0 saturated heterocycles. The van der Waals surface area contributed by atoms with Crippen molar-refractivity contribution in [2.75, 3.05) is 25.6 Å². The Hall–Kier alpha value is -1.56. The van der Waals surface area contributed by atoms with Gasteiger partial charge in [-0.05, 0) is 6.92 Å². The van der Waals surface area contributed by atoms with E-state index < -0.39 is 0 Å². The second-order valence-corrected chi connectivity index (χ2v) is 3.41. The number of amides is 1. The Morgan fingerprint density at radius 3 is 2.93 bits per heavy atom. The quantitative estimate of drug-likeness (QED) is 0.760. The van der Waals surface area contributed by atoms with Crippen LogP contribution in [0.15, 0.2) is 6.33 Å². The zero-order valence-electron chi connectivity index (χ0n) is 9.02. The van der Waals surface area contributed by atoms with Crippen LogP contribution in [0.1, 0.15) is 17.4 Å². The molecule has 2 rings (SSSR count). The minimum atomic E-state index is -0.377. The van der Waals surface area contributed by atoms with E-state index in [4.69, 9.17) is 4.74 Å². The number of aromatic amines is 1. The molecule has 1 aliphatic heterocycles. The van der Waals surface area contributed by atoms with E-state index in [-0.39, 0.29) is 12.3 Å². The second-order valence-electron chi connectivity index (χ2n) is 3.41. The first-order chi connectivity index (χ1) is 7.16. The molecule has 6 heteroatoms. The first-order valence-electron chi connectivity index (χ1n) is 4.81. The van der Waals surface area contributed by atoms with Gasteiger partial charge in [-0.1, -0.05) is 0 Å².